The number of phenolic OH excluding ortho intramolecular Hbond substituents is 1. The fraction of sp³-hybridized carbons (Fsp3) is 0.222. The highest BCUT2D eigenvalue weighted by Crippen LogP contribution is 2.25. The number of hydrogen-bond donors (Lipinski definition) is 2. The van der Waals surface area contributed by atoms with Crippen LogP contribution in [0.3, 0.4) is 0 Å². The Labute approximate surface area is 81.1 Å². The van der Waals surface area contributed by atoms with Crippen molar-refractivity contribution in [3.8, 4) is 5.75 Å². The maximum atomic E-state index is 11.4. The van der Waals surface area contributed by atoms with E-state index < -0.39 is 5.38 Å². The molecule has 0 aromatic heterocycles. The second-order valence-corrected chi connectivity index (χ2v) is 3.38. The van der Waals surface area contributed by atoms with Crippen LogP contribution in [-0.2, 0) is 0 Å². The minimum Gasteiger partial charge on any atom is -0.507 e. The molecule has 0 heterocycles. The van der Waals surface area contributed by atoms with Crippen LogP contribution in [0.2, 0.25) is 0 Å². The van der Waals surface area contributed by atoms with Gasteiger partial charge >= 0.3 is 0 Å². The smallest absolute Gasteiger partial charge is 0.186 e. The molecule has 70 valence electrons. The van der Waals surface area contributed by atoms with Gasteiger partial charge in [-0.1, -0.05) is 6.07 Å². The number of halogens is 1. The van der Waals surface area contributed by atoms with Gasteiger partial charge in [0.1, 0.15) is 5.75 Å². The molecule has 1 aromatic rings. The maximum Gasteiger partial charge on any atom is 0.186 e. The molecule has 0 radical (unpaired) electrons. The molecule has 4 heteroatoms. The topological polar surface area (TPSA) is 63.3 Å². The molecule has 0 fully saturated rings. The molecule has 1 rings (SSSR count). The first-order valence-corrected chi connectivity index (χ1v) is 4.23. The van der Waals surface area contributed by atoms with Crippen molar-refractivity contribution in [1.82, 2.24) is 0 Å². The van der Waals surface area contributed by atoms with Gasteiger partial charge in [0.2, 0.25) is 0 Å². The molecule has 0 bridgehead atoms. The van der Waals surface area contributed by atoms with E-state index in [-0.39, 0.29) is 22.8 Å². The van der Waals surface area contributed by atoms with E-state index in [1.807, 2.05) is 0 Å². The molecule has 1 atom stereocenters. The highest BCUT2D eigenvalue weighted by Gasteiger charge is 2.18. The van der Waals surface area contributed by atoms with Crippen LogP contribution in [0, 0.1) is 0 Å². The number of carbonyl (C=O) groups excluding carboxylic acids is 1. The van der Waals surface area contributed by atoms with E-state index in [4.69, 9.17) is 17.3 Å². The van der Waals surface area contributed by atoms with Gasteiger partial charge in [-0.2, -0.15) is 0 Å². The van der Waals surface area contributed by atoms with E-state index in [1.54, 1.807) is 12.1 Å². The molecule has 3 N–H and O–H groups in total. The van der Waals surface area contributed by atoms with Crippen molar-refractivity contribution < 1.29 is 9.90 Å². The molecule has 0 saturated heterocycles. The lowest BCUT2D eigenvalue weighted by molar-refractivity contribution is 0.0990. The second-order valence-electron chi connectivity index (χ2n) is 2.72. The number of Topliss-reactive ketones (excluding diaryl/α,β-unsaturated/α-hetero) is 1. The van der Waals surface area contributed by atoms with Crippen LogP contribution in [-0.4, -0.2) is 16.3 Å². The van der Waals surface area contributed by atoms with E-state index in [9.17, 15) is 9.90 Å². The van der Waals surface area contributed by atoms with Gasteiger partial charge in [0.05, 0.1) is 10.9 Å². The number of carbonyl (C=O) groups is 1. The molecule has 0 saturated carbocycles. The average Bonchev–Trinajstić information content (AvgIpc) is 2.03. The van der Waals surface area contributed by atoms with Crippen LogP contribution in [0.1, 0.15) is 17.3 Å². The van der Waals surface area contributed by atoms with Crippen molar-refractivity contribution in [2.24, 2.45) is 0 Å². The SMILES string of the molecule is CC(Cl)C(=O)c1c(N)cccc1O. The fourth-order valence-electron chi connectivity index (χ4n) is 1.02. The molecular weight excluding hydrogens is 190 g/mol. The van der Waals surface area contributed by atoms with Gasteiger partial charge < -0.3 is 10.8 Å². The van der Waals surface area contributed by atoms with Crippen molar-refractivity contribution in [3.63, 3.8) is 0 Å². The third-order valence-electron chi connectivity index (χ3n) is 1.68. The zero-order chi connectivity index (χ0) is 10.0. The third kappa shape index (κ3) is 1.92. The summed E-state index contributed by atoms with van der Waals surface area (Å²) in [5.41, 5.74) is 5.87. The number of phenols is 1. The lowest BCUT2D eigenvalue weighted by atomic mass is 10.1. The zero-order valence-corrected chi connectivity index (χ0v) is 7.88. The van der Waals surface area contributed by atoms with Crippen LogP contribution in [0.4, 0.5) is 5.69 Å². The lowest BCUT2D eigenvalue weighted by Crippen LogP contribution is -2.12. The Morgan fingerprint density at radius 3 is 2.69 bits per heavy atom. The largest absolute Gasteiger partial charge is 0.507 e. The minimum atomic E-state index is -0.685. The molecule has 0 amide bonds. The average molecular weight is 200 g/mol. The standard InChI is InChI=1S/C9H10ClNO2/c1-5(10)9(13)8-6(11)3-2-4-7(8)12/h2-5,12H,11H2,1H3. The summed E-state index contributed by atoms with van der Waals surface area (Å²) in [6.07, 6.45) is 0. The maximum absolute atomic E-state index is 11.4. The molecule has 3 nitrogen and oxygen atoms in total. The van der Waals surface area contributed by atoms with Gasteiger partial charge in [0.15, 0.2) is 5.78 Å². The number of nitrogens with two attached hydrogens (primary N) is 1. The van der Waals surface area contributed by atoms with Gasteiger partial charge in [-0.3, -0.25) is 4.79 Å². The Bertz CT molecular complexity index is 316. The number of alkyl halides is 1. The van der Waals surface area contributed by atoms with Gasteiger partial charge in [-0.15, -0.1) is 11.6 Å². The number of ketones is 1. The molecule has 0 aliphatic carbocycles. The highest BCUT2D eigenvalue weighted by molar-refractivity contribution is 6.34. The Kier molecular flexibility index (Phi) is 2.78. The highest BCUT2D eigenvalue weighted by atomic mass is 35.5. The van der Waals surface area contributed by atoms with Gasteiger partial charge in [-0.25, -0.2) is 0 Å². The zero-order valence-electron chi connectivity index (χ0n) is 7.12. The van der Waals surface area contributed by atoms with Crippen molar-refractivity contribution >= 4 is 23.1 Å². The third-order valence-corrected chi connectivity index (χ3v) is 1.88. The number of aromatic hydroxyl groups is 1. The Morgan fingerprint density at radius 1 is 1.62 bits per heavy atom. The Hall–Kier alpha value is -1.22. The van der Waals surface area contributed by atoms with Crippen LogP contribution in [0.15, 0.2) is 18.2 Å². The lowest BCUT2D eigenvalue weighted by Gasteiger charge is -2.07. The number of nitrogen functional groups attached to an aromatic ring is 1. The molecule has 0 spiro atoms. The normalized spacial score (nSPS) is 12.5. The predicted molar refractivity (Wildman–Crippen MR) is 52.2 cm³/mol. The number of anilines is 1. The first kappa shape index (κ1) is 9.86. The summed E-state index contributed by atoms with van der Waals surface area (Å²) in [5, 5.41) is 8.67. The molecule has 1 aromatic carbocycles. The summed E-state index contributed by atoms with van der Waals surface area (Å²) >= 11 is 5.59. The molecule has 0 aliphatic heterocycles. The van der Waals surface area contributed by atoms with Crippen molar-refractivity contribution in [2.45, 2.75) is 12.3 Å². The first-order chi connectivity index (χ1) is 6.04. The summed E-state index contributed by atoms with van der Waals surface area (Å²) in [6, 6.07) is 4.52. The Balaban J connectivity index is 3.20. The van der Waals surface area contributed by atoms with E-state index in [2.05, 4.69) is 0 Å². The summed E-state index contributed by atoms with van der Waals surface area (Å²) in [5.74, 6) is -0.491. The van der Waals surface area contributed by atoms with Crippen LogP contribution >= 0.6 is 11.6 Å². The predicted octanol–water partition coefficient (Wildman–Crippen LogP) is 1.78. The van der Waals surface area contributed by atoms with Crippen LogP contribution in [0.5, 0.6) is 5.75 Å². The number of rotatable bonds is 2. The fourth-order valence-corrected chi connectivity index (χ4v) is 1.13. The molecule has 1 unspecified atom stereocenters. The van der Waals surface area contributed by atoms with Crippen LogP contribution < -0.4 is 5.73 Å². The van der Waals surface area contributed by atoms with E-state index in [0.29, 0.717) is 0 Å². The number of hydrogen-bond acceptors (Lipinski definition) is 3. The molecular formula is C9H10ClNO2. The molecule has 0 aliphatic rings. The van der Waals surface area contributed by atoms with Crippen molar-refractivity contribution in [1.29, 1.82) is 0 Å². The summed E-state index contributed by atoms with van der Waals surface area (Å²) < 4.78 is 0. The van der Waals surface area contributed by atoms with E-state index >= 15 is 0 Å². The van der Waals surface area contributed by atoms with Gasteiger partial charge in [-0.05, 0) is 19.1 Å². The van der Waals surface area contributed by atoms with Gasteiger partial charge in [0, 0.05) is 5.69 Å². The summed E-state index contributed by atoms with van der Waals surface area (Å²) in [7, 11) is 0. The summed E-state index contributed by atoms with van der Waals surface area (Å²) in [6.45, 7) is 1.54. The first-order valence-electron chi connectivity index (χ1n) is 3.79. The summed E-state index contributed by atoms with van der Waals surface area (Å²) in [4.78, 5) is 11.4. The second kappa shape index (κ2) is 3.66. The van der Waals surface area contributed by atoms with Gasteiger partial charge in [0.25, 0.3) is 0 Å². The van der Waals surface area contributed by atoms with Crippen LogP contribution in [0.25, 0.3) is 0 Å². The monoisotopic (exact) mass is 199 g/mol. The van der Waals surface area contributed by atoms with E-state index in [1.165, 1.54) is 13.0 Å². The minimum absolute atomic E-state index is 0.102. The van der Waals surface area contributed by atoms with Crippen molar-refractivity contribution in [2.75, 3.05) is 5.73 Å². The van der Waals surface area contributed by atoms with Crippen molar-refractivity contribution in [3.05, 3.63) is 23.8 Å². The Morgan fingerprint density at radius 2 is 2.23 bits per heavy atom. The quantitative estimate of drug-likeness (QED) is 0.434. The van der Waals surface area contributed by atoms with E-state index in [0.717, 1.165) is 0 Å². The molecule has 13 heavy (non-hydrogen) atoms. The number of benzene rings is 1.